The second-order valence-corrected chi connectivity index (χ2v) is 7.22. The number of rotatable bonds is 5. The van der Waals surface area contributed by atoms with E-state index in [1.807, 2.05) is 13.8 Å². The zero-order valence-corrected chi connectivity index (χ0v) is 14.5. The number of benzene rings is 1. The zero-order valence-electron chi connectivity index (χ0n) is 14.5. The average molecular weight is 334 g/mol. The number of aromatic hydroxyl groups is 1. The molecule has 1 aliphatic carbocycles. The molecule has 0 radical (unpaired) electrons. The fraction of sp³-hybridized carbons (Fsp3) is 0.556. The Hall–Kier alpha value is -2.08. The molecule has 24 heavy (non-hydrogen) atoms. The van der Waals surface area contributed by atoms with Crippen molar-refractivity contribution in [3.8, 4) is 5.75 Å². The molecule has 0 aliphatic heterocycles. The number of aliphatic hydroxyl groups is 1. The van der Waals surface area contributed by atoms with E-state index < -0.39 is 16.9 Å². The van der Waals surface area contributed by atoms with Crippen molar-refractivity contribution >= 4 is 17.5 Å². The molecule has 1 saturated carbocycles. The topological polar surface area (TPSA) is 98.7 Å². The van der Waals surface area contributed by atoms with Crippen molar-refractivity contribution in [2.75, 3.05) is 11.9 Å². The van der Waals surface area contributed by atoms with Crippen LogP contribution in [0.15, 0.2) is 18.2 Å². The van der Waals surface area contributed by atoms with Crippen molar-refractivity contribution in [2.24, 2.45) is 5.41 Å². The van der Waals surface area contributed by atoms with Gasteiger partial charge in [0.25, 0.3) is 5.91 Å². The monoisotopic (exact) mass is 334 g/mol. The average Bonchev–Trinajstić information content (AvgIpc) is 2.95. The molecular formula is C18H26N2O4. The lowest BCUT2D eigenvalue weighted by Crippen LogP contribution is -2.49. The molecule has 0 bridgehead atoms. The highest BCUT2D eigenvalue weighted by atomic mass is 16.3. The summed E-state index contributed by atoms with van der Waals surface area (Å²) < 4.78 is 0. The van der Waals surface area contributed by atoms with E-state index in [2.05, 4.69) is 10.6 Å². The van der Waals surface area contributed by atoms with Gasteiger partial charge in [-0.15, -0.1) is 0 Å². The van der Waals surface area contributed by atoms with E-state index in [0.29, 0.717) is 12.2 Å². The maximum atomic E-state index is 12.4. The molecule has 1 fully saturated rings. The lowest BCUT2D eigenvalue weighted by Gasteiger charge is -2.40. The number of nitrogens with one attached hydrogen (secondary N) is 2. The van der Waals surface area contributed by atoms with Crippen LogP contribution in [0.25, 0.3) is 0 Å². The van der Waals surface area contributed by atoms with Crippen molar-refractivity contribution in [1.82, 2.24) is 5.32 Å². The molecule has 1 aromatic rings. The van der Waals surface area contributed by atoms with Crippen molar-refractivity contribution < 1.29 is 19.8 Å². The third-order valence-electron chi connectivity index (χ3n) is 4.94. The van der Waals surface area contributed by atoms with Crippen LogP contribution in [-0.2, 0) is 4.79 Å². The zero-order chi connectivity index (χ0) is 18.0. The van der Waals surface area contributed by atoms with E-state index in [9.17, 15) is 19.8 Å². The molecule has 0 saturated heterocycles. The summed E-state index contributed by atoms with van der Waals surface area (Å²) in [4.78, 5) is 23.5. The minimum absolute atomic E-state index is 0.0930. The molecule has 6 heteroatoms. The van der Waals surface area contributed by atoms with Crippen LogP contribution in [0.3, 0.4) is 0 Å². The maximum absolute atomic E-state index is 12.4. The summed E-state index contributed by atoms with van der Waals surface area (Å²) in [6, 6.07) is 4.33. The lowest BCUT2D eigenvalue weighted by molar-refractivity contribution is -0.114. The van der Waals surface area contributed by atoms with Gasteiger partial charge in [0.1, 0.15) is 5.75 Å². The Bertz CT molecular complexity index is 634. The third kappa shape index (κ3) is 3.87. The highest BCUT2D eigenvalue weighted by Gasteiger charge is 2.45. The van der Waals surface area contributed by atoms with Crippen molar-refractivity contribution in [1.29, 1.82) is 0 Å². The van der Waals surface area contributed by atoms with E-state index in [0.717, 1.165) is 25.7 Å². The number of anilines is 1. The van der Waals surface area contributed by atoms with Crippen LogP contribution in [0.1, 0.15) is 56.8 Å². The third-order valence-corrected chi connectivity index (χ3v) is 4.94. The lowest BCUT2D eigenvalue weighted by atomic mass is 9.73. The van der Waals surface area contributed by atoms with Gasteiger partial charge in [0.15, 0.2) is 0 Å². The van der Waals surface area contributed by atoms with E-state index in [1.54, 1.807) is 0 Å². The number of carbonyl (C=O) groups excluding carboxylic acids is 2. The van der Waals surface area contributed by atoms with Crippen molar-refractivity contribution in [3.05, 3.63) is 23.8 Å². The standard InChI is InChI=1S/C18H26N2O4/c1-12(21)20-13-6-7-15(22)14(10-13)16(23)19-11-17(2,3)18(24)8-4-5-9-18/h6-7,10,22,24H,4-5,8-9,11H2,1-3H3,(H,19,23)(H,20,21). The van der Waals surface area contributed by atoms with Gasteiger partial charge in [0.05, 0.1) is 11.2 Å². The molecule has 0 aromatic heterocycles. The largest absolute Gasteiger partial charge is 0.507 e. The SMILES string of the molecule is CC(=O)Nc1ccc(O)c(C(=O)NCC(C)(C)C2(O)CCCC2)c1. The molecule has 0 unspecified atom stereocenters. The molecule has 0 spiro atoms. The van der Waals surface area contributed by atoms with E-state index in [-0.39, 0.29) is 17.2 Å². The van der Waals surface area contributed by atoms with Crippen LogP contribution in [-0.4, -0.2) is 34.2 Å². The van der Waals surface area contributed by atoms with Gasteiger partial charge >= 0.3 is 0 Å². The first kappa shape index (κ1) is 18.3. The van der Waals surface area contributed by atoms with Gasteiger partial charge in [0, 0.05) is 24.6 Å². The predicted octanol–water partition coefficient (Wildman–Crippen LogP) is 2.41. The summed E-state index contributed by atoms with van der Waals surface area (Å²) in [5.74, 6) is -0.843. The summed E-state index contributed by atoms with van der Waals surface area (Å²) in [6.07, 6.45) is 3.46. The van der Waals surface area contributed by atoms with Crippen LogP contribution in [0.5, 0.6) is 5.75 Å². The number of hydrogen-bond acceptors (Lipinski definition) is 4. The molecule has 2 amide bonds. The van der Waals surface area contributed by atoms with E-state index in [4.69, 9.17) is 0 Å². The van der Waals surface area contributed by atoms with Crippen LogP contribution in [0.4, 0.5) is 5.69 Å². The number of phenolic OH excluding ortho intramolecular Hbond substituents is 1. The van der Waals surface area contributed by atoms with Crippen LogP contribution in [0.2, 0.25) is 0 Å². The van der Waals surface area contributed by atoms with Gasteiger partial charge in [-0.1, -0.05) is 26.7 Å². The molecule has 2 rings (SSSR count). The highest BCUT2D eigenvalue weighted by molar-refractivity contribution is 5.99. The first-order valence-electron chi connectivity index (χ1n) is 8.26. The van der Waals surface area contributed by atoms with Gasteiger partial charge in [-0.2, -0.15) is 0 Å². The van der Waals surface area contributed by atoms with Gasteiger partial charge in [-0.25, -0.2) is 0 Å². The number of phenols is 1. The summed E-state index contributed by atoms with van der Waals surface area (Å²) in [5.41, 5.74) is -0.709. The van der Waals surface area contributed by atoms with Crippen LogP contribution >= 0.6 is 0 Å². The summed E-state index contributed by atoms with van der Waals surface area (Å²) >= 11 is 0. The molecule has 6 nitrogen and oxygen atoms in total. The Morgan fingerprint density at radius 3 is 2.46 bits per heavy atom. The smallest absolute Gasteiger partial charge is 0.255 e. The van der Waals surface area contributed by atoms with Crippen LogP contribution < -0.4 is 10.6 Å². The molecule has 4 N–H and O–H groups in total. The number of amides is 2. The van der Waals surface area contributed by atoms with Gasteiger partial charge in [-0.05, 0) is 31.0 Å². The normalized spacial score (nSPS) is 16.7. The molecular weight excluding hydrogens is 308 g/mol. The van der Waals surface area contributed by atoms with E-state index in [1.165, 1.54) is 25.1 Å². The van der Waals surface area contributed by atoms with Gasteiger partial charge in [0.2, 0.25) is 5.91 Å². The minimum Gasteiger partial charge on any atom is -0.507 e. The molecule has 132 valence electrons. The van der Waals surface area contributed by atoms with E-state index >= 15 is 0 Å². The Kier molecular flexibility index (Phi) is 5.18. The Balaban J connectivity index is 2.08. The molecule has 1 aliphatic rings. The summed E-state index contributed by atoms with van der Waals surface area (Å²) in [6.45, 7) is 5.54. The Morgan fingerprint density at radius 1 is 1.25 bits per heavy atom. The predicted molar refractivity (Wildman–Crippen MR) is 91.9 cm³/mol. The first-order chi connectivity index (χ1) is 11.1. The van der Waals surface area contributed by atoms with Gasteiger partial charge < -0.3 is 20.8 Å². The fourth-order valence-corrected chi connectivity index (χ4v) is 3.20. The Morgan fingerprint density at radius 2 is 1.88 bits per heavy atom. The molecule has 0 atom stereocenters. The van der Waals surface area contributed by atoms with Gasteiger partial charge in [-0.3, -0.25) is 9.59 Å². The fourth-order valence-electron chi connectivity index (χ4n) is 3.20. The van der Waals surface area contributed by atoms with Crippen LogP contribution in [0, 0.1) is 5.41 Å². The van der Waals surface area contributed by atoms with Crippen molar-refractivity contribution in [3.63, 3.8) is 0 Å². The number of hydrogen-bond donors (Lipinski definition) is 4. The second-order valence-electron chi connectivity index (χ2n) is 7.22. The Labute approximate surface area is 142 Å². The maximum Gasteiger partial charge on any atom is 0.255 e. The molecule has 1 aromatic carbocycles. The highest BCUT2D eigenvalue weighted by Crippen LogP contribution is 2.43. The number of carbonyl (C=O) groups is 2. The first-order valence-corrected chi connectivity index (χ1v) is 8.26. The summed E-state index contributed by atoms with van der Waals surface area (Å²) in [7, 11) is 0. The van der Waals surface area contributed by atoms with Crippen molar-refractivity contribution in [2.45, 2.75) is 52.1 Å². The summed E-state index contributed by atoms with van der Waals surface area (Å²) in [5, 5.41) is 26.0. The minimum atomic E-state index is -0.777. The second kappa shape index (κ2) is 6.81. The quantitative estimate of drug-likeness (QED) is 0.621. The molecule has 0 heterocycles.